The second kappa shape index (κ2) is 9.93. The molecule has 0 saturated carbocycles. The number of amides is 2. The zero-order chi connectivity index (χ0) is 19.8. The van der Waals surface area contributed by atoms with Crippen molar-refractivity contribution in [1.82, 2.24) is 4.90 Å². The van der Waals surface area contributed by atoms with E-state index in [1.807, 2.05) is 65.6 Å². The second-order valence-corrected chi connectivity index (χ2v) is 7.29. The number of nitrogens with zero attached hydrogens (tertiary/aromatic N) is 1. The smallest absolute Gasteiger partial charge is 0.263 e. The van der Waals surface area contributed by atoms with Crippen LogP contribution in [-0.4, -0.2) is 35.9 Å². The van der Waals surface area contributed by atoms with Gasteiger partial charge in [-0.15, -0.1) is 0 Å². The zero-order valence-electron chi connectivity index (χ0n) is 16.3. The maximum atomic E-state index is 12.6. The van der Waals surface area contributed by atoms with Crippen molar-refractivity contribution in [2.24, 2.45) is 5.92 Å². The maximum absolute atomic E-state index is 12.6. The summed E-state index contributed by atoms with van der Waals surface area (Å²) >= 11 is 0. The maximum Gasteiger partial charge on any atom is 0.263 e. The van der Waals surface area contributed by atoms with Crippen molar-refractivity contribution in [3.8, 4) is 5.75 Å². The zero-order valence-corrected chi connectivity index (χ0v) is 16.3. The van der Waals surface area contributed by atoms with Gasteiger partial charge in [0.05, 0.1) is 0 Å². The van der Waals surface area contributed by atoms with Gasteiger partial charge in [0.25, 0.3) is 5.91 Å². The Morgan fingerprint density at radius 2 is 1.64 bits per heavy atom. The number of hydrogen-bond donors (Lipinski definition) is 1. The van der Waals surface area contributed by atoms with Crippen LogP contribution in [0.2, 0.25) is 0 Å². The molecule has 1 N–H and O–H groups in total. The number of hydrogen-bond acceptors (Lipinski definition) is 3. The van der Waals surface area contributed by atoms with Gasteiger partial charge in [-0.1, -0.05) is 36.4 Å². The summed E-state index contributed by atoms with van der Waals surface area (Å²) in [4.78, 5) is 26.6. The number of benzene rings is 2. The number of anilines is 1. The molecule has 0 radical (unpaired) electrons. The lowest BCUT2D eigenvalue weighted by Gasteiger charge is -2.33. The molecule has 148 valence electrons. The van der Waals surface area contributed by atoms with Gasteiger partial charge in [-0.05, 0) is 56.4 Å². The topological polar surface area (TPSA) is 58.6 Å². The average molecular weight is 380 g/mol. The fourth-order valence-corrected chi connectivity index (χ4v) is 3.53. The van der Waals surface area contributed by atoms with Gasteiger partial charge in [0, 0.05) is 25.2 Å². The molecular formula is C23H28N2O3. The lowest BCUT2D eigenvalue weighted by Crippen LogP contribution is -2.44. The van der Waals surface area contributed by atoms with Crippen molar-refractivity contribution in [1.29, 1.82) is 0 Å². The largest absolute Gasteiger partial charge is 0.481 e. The number of carbonyl (C=O) groups is 2. The van der Waals surface area contributed by atoms with E-state index in [4.69, 9.17) is 4.74 Å². The normalized spacial score (nSPS) is 15.7. The van der Waals surface area contributed by atoms with Gasteiger partial charge in [0.2, 0.25) is 5.91 Å². The van der Waals surface area contributed by atoms with E-state index in [0.29, 0.717) is 18.1 Å². The lowest BCUT2D eigenvalue weighted by molar-refractivity contribution is -0.139. The van der Waals surface area contributed by atoms with E-state index in [0.717, 1.165) is 38.0 Å². The monoisotopic (exact) mass is 380 g/mol. The van der Waals surface area contributed by atoms with Crippen molar-refractivity contribution < 1.29 is 14.3 Å². The molecule has 28 heavy (non-hydrogen) atoms. The first-order valence-corrected chi connectivity index (χ1v) is 9.97. The van der Waals surface area contributed by atoms with Gasteiger partial charge < -0.3 is 15.0 Å². The van der Waals surface area contributed by atoms with Crippen LogP contribution in [0.4, 0.5) is 5.69 Å². The molecule has 2 amide bonds. The van der Waals surface area contributed by atoms with Crippen LogP contribution in [0, 0.1) is 5.92 Å². The molecule has 0 aromatic heterocycles. The van der Waals surface area contributed by atoms with Gasteiger partial charge in [-0.2, -0.15) is 0 Å². The van der Waals surface area contributed by atoms with Crippen molar-refractivity contribution in [2.45, 2.75) is 38.7 Å². The van der Waals surface area contributed by atoms with Crippen molar-refractivity contribution in [2.75, 3.05) is 18.4 Å². The highest BCUT2D eigenvalue weighted by atomic mass is 16.5. The summed E-state index contributed by atoms with van der Waals surface area (Å²) in [5.74, 6) is 1.28. The van der Waals surface area contributed by atoms with Crippen LogP contribution >= 0.6 is 0 Å². The Labute approximate surface area is 166 Å². The van der Waals surface area contributed by atoms with Gasteiger partial charge in [-0.3, -0.25) is 9.59 Å². The molecule has 5 nitrogen and oxygen atoms in total. The highest BCUT2D eigenvalue weighted by Gasteiger charge is 2.27. The molecule has 1 aliphatic heterocycles. The van der Waals surface area contributed by atoms with Crippen molar-refractivity contribution in [3.05, 3.63) is 60.7 Å². The first kappa shape index (κ1) is 19.9. The molecule has 1 aliphatic rings. The Hall–Kier alpha value is -2.82. The Balaban J connectivity index is 1.38. The summed E-state index contributed by atoms with van der Waals surface area (Å²) in [7, 11) is 0. The third-order valence-electron chi connectivity index (χ3n) is 5.17. The molecule has 5 heteroatoms. The molecule has 0 unspecified atom stereocenters. The summed E-state index contributed by atoms with van der Waals surface area (Å²) in [6.45, 7) is 3.26. The molecule has 3 rings (SSSR count). The number of nitrogens with one attached hydrogen (secondary N) is 1. The first-order valence-electron chi connectivity index (χ1n) is 9.97. The van der Waals surface area contributed by atoms with E-state index in [9.17, 15) is 9.59 Å². The highest BCUT2D eigenvalue weighted by molar-refractivity contribution is 5.90. The summed E-state index contributed by atoms with van der Waals surface area (Å²) in [5, 5.41) is 2.93. The molecule has 1 heterocycles. The van der Waals surface area contributed by atoms with Crippen LogP contribution in [0.15, 0.2) is 60.7 Å². The Morgan fingerprint density at radius 3 is 2.29 bits per heavy atom. The average Bonchev–Trinajstić information content (AvgIpc) is 2.73. The number of rotatable bonds is 7. The number of ether oxygens (including phenoxy) is 1. The minimum Gasteiger partial charge on any atom is -0.481 e. The predicted octanol–water partition coefficient (Wildman–Crippen LogP) is 4.11. The van der Waals surface area contributed by atoms with E-state index in [1.165, 1.54) is 0 Å². The fraction of sp³-hybridized carbons (Fsp3) is 0.391. The number of carbonyl (C=O) groups excluding carboxylic acids is 2. The summed E-state index contributed by atoms with van der Waals surface area (Å²) in [6, 6.07) is 18.9. The molecule has 1 fully saturated rings. The molecule has 1 saturated heterocycles. The molecule has 0 spiro atoms. The summed E-state index contributed by atoms with van der Waals surface area (Å²) in [5.41, 5.74) is 0.834. The van der Waals surface area contributed by atoms with Gasteiger partial charge in [-0.25, -0.2) is 0 Å². The minimum absolute atomic E-state index is 0.0316. The predicted molar refractivity (Wildman–Crippen MR) is 110 cm³/mol. The quantitative estimate of drug-likeness (QED) is 0.786. The van der Waals surface area contributed by atoms with Gasteiger partial charge >= 0.3 is 0 Å². The fourth-order valence-electron chi connectivity index (χ4n) is 3.53. The van der Waals surface area contributed by atoms with Crippen LogP contribution < -0.4 is 10.1 Å². The molecule has 0 aliphatic carbocycles. The molecule has 2 aromatic carbocycles. The Kier molecular flexibility index (Phi) is 7.06. The van der Waals surface area contributed by atoms with Crippen molar-refractivity contribution in [3.63, 3.8) is 0 Å². The van der Waals surface area contributed by atoms with E-state index < -0.39 is 6.10 Å². The van der Waals surface area contributed by atoms with Crippen LogP contribution in [0.5, 0.6) is 5.75 Å². The number of para-hydroxylation sites is 2. The third kappa shape index (κ3) is 5.84. The third-order valence-corrected chi connectivity index (χ3v) is 5.17. The van der Waals surface area contributed by atoms with Gasteiger partial charge in [0.15, 0.2) is 6.10 Å². The number of likely N-dealkylation sites (tertiary alicyclic amines) is 1. The van der Waals surface area contributed by atoms with Crippen molar-refractivity contribution >= 4 is 17.5 Å². The first-order chi connectivity index (χ1) is 13.6. The van der Waals surface area contributed by atoms with Crippen LogP contribution in [0.3, 0.4) is 0 Å². The lowest BCUT2D eigenvalue weighted by atomic mass is 9.92. The van der Waals surface area contributed by atoms with Crippen LogP contribution in [0.1, 0.15) is 32.6 Å². The van der Waals surface area contributed by atoms with E-state index in [2.05, 4.69) is 5.32 Å². The molecule has 1 atom stereocenters. The van der Waals surface area contributed by atoms with E-state index in [1.54, 1.807) is 6.92 Å². The van der Waals surface area contributed by atoms with Crippen LogP contribution in [0.25, 0.3) is 0 Å². The highest BCUT2D eigenvalue weighted by Crippen LogP contribution is 2.23. The Morgan fingerprint density at radius 1 is 1.04 bits per heavy atom. The second-order valence-electron chi connectivity index (χ2n) is 7.29. The van der Waals surface area contributed by atoms with Gasteiger partial charge in [0.1, 0.15) is 5.75 Å². The standard InChI is InChI=1S/C23H28N2O3/c1-18(28-21-10-6-3-7-11-21)23(27)25-16-14-19(15-17-25)12-13-22(26)24-20-8-4-2-5-9-20/h2-11,18-19H,12-17H2,1H3,(H,24,26)/t18-/m1/s1. The summed E-state index contributed by atoms with van der Waals surface area (Å²) in [6.07, 6.45) is 2.75. The van der Waals surface area contributed by atoms with E-state index in [-0.39, 0.29) is 11.8 Å². The Bertz CT molecular complexity index is 756. The van der Waals surface area contributed by atoms with Crippen LogP contribution in [-0.2, 0) is 9.59 Å². The SMILES string of the molecule is C[C@@H](Oc1ccccc1)C(=O)N1CCC(CCC(=O)Nc2ccccc2)CC1. The molecular weight excluding hydrogens is 352 g/mol. The molecule has 2 aromatic rings. The minimum atomic E-state index is -0.490. The molecule has 0 bridgehead atoms. The summed E-state index contributed by atoms with van der Waals surface area (Å²) < 4.78 is 5.75. The number of piperidine rings is 1. The van der Waals surface area contributed by atoms with E-state index >= 15 is 0 Å².